The maximum Gasteiger partial charge on any atom is 0.350 e. The predicted molar refractivity (Wildman–Crippen MR) is 152 cm³/mol. The van der Waals surface area contributed by atoms with Gasteiger partial charge >= 0.3 is 11.9 Å². The van der Waals surface area contributed by atoms with Crippen LogP contribution in [0.2, 0.25) is 0 Å². The number of hydrogen-bond donors (Lipinski definition) is 1. The van der Waals surface area contributed by atoms with Crippen molar-refractivity contribution in [3.63, 3.8) is 0 Å². The summed E-state index contributed by atoms with van der Waals surface area (Å²) in [5.74, 6) is -1.33. The molecule has 0 saturated carbocycles. The van der Waals surface area contributed by atoms with Gasteiger partial charge in [0.15, 0.2) is 5.13 Å². The molecule has 1 fully saturated rings. The number of rotatable bonds is 10. The molecule has 1 aromatic heterocycles. The summed E-state index contributed by atoms with van der Waals surface area (Å²) in [6, 6.07) is 11.2. The number of ketones is 1. The first-order chi connectivity index (χ1) is 19.2. The molecule has 0 spiro atoms. The molecule has 2 aromatic carbocycles. The number of methoxy groups -OCH3 is 1. The third-order valence-electron chi connectivity index (χ3n) is 6.40. The third-order valence-corrected chi connectivity index (χ3v) is 7.54. The molecule has 1 N–H and O–H groups in total. The number of thiazole rings is 1. The minimum atomic E-state index is -0.994. The van der Waals surface area contributed by atoms with Gasteiger partial charge in [-0.2, -0.15) is 0 Å². The van der Waals surface area contributed by atoms with Crippen molar-refractivity contribution in [2.24, 2.45) is 0 Å². The Morgan fingerprint density at radius 1 is 1.00 bits per heavy atom. The minimum absolute atomic E-state index is 0.0787. The number of anilines is 1. The number of aryl methyl sites for hydroxylation is 2. The van der Waals surface area contributed by atoms with Gasteiger partial charge in [-0.15, -0.1) is 0 Å². The second kappa shape index (κ2) is 12.3. The van der Waals surface area contributed by atoms with E-state index in [4.69, 9.17) is 14.2 Å². The van der Waals surface area contributed by atoms with E-state index in [1.54, 1.807) is 56.3 Å². The SMILES string of the molecule is CCCOc1ccc(C2/C(=C(\O)c3ccc(OCCC)cc3C)C(=O)C(=O)N2c2nc(C)c(C(=O)OC)s2)cc1. The van der Waals surface area contributed by atoms with Crippen molar-refractivity contribution in [1.29, 1.82) is 0 Å². The Balaban J connectivity index is 1.86. The van der Waals surface area contributed by atoms with E-state index >= 15 is 0 Å². The lowest BCUT2D eigenvalue weighted by Gasteiger charge is -2.23. The van der Waals surface area contributed by atoms with E-state index in [-0.39, 0.29) is 21.3 Å². The van der Waals surface area contributed by atoms with Gasteiger partial charge in [0.2, 0.25) is 0 Å². The van der Waals surface area contributed by atoms with Gasteiger partial charge in [-0.1, -0.05) is 37.3 Å². The zero-order chi connectivity index (χ0) is 29.0. The molecule has 0 radical (unpaired) electrons. The molecule has 4 rings (SSSR count). The number of aliphatic hydroxyl groups is 1. The monoisotopic (exact) mass is 564 g/mol. The summed E-state index contributed by atoms with van der Waals surface area (Å²) in [6.07, 6.45) is 1.69. The quantitative estimate of drug-likeness (QED) is 0.143. The molecule has 0 bridgehead atoms. The van der Waals surface area contributed by atoms with Gasteiger partial charge in [-0.3, -0.25) is 14.5 Å². The number of amides is 1. The third kappa shape index (κ3) is 5.58. The number of ether oxygens (including phenoxy) is 3. The van der Waals surface area contributed by atoms with Crippen LogP contribution in [0.5, 0.6) is 11.5 Å². The Morgan fingerprint density at radius 3 is 2.23 bits per heavy atom. The van der Waals surface area contributed by atoms with Gasteiger partial charge in [0, 0.05) is 5.56 Å². The summed E-state index contributed by atoms with van der Waals surface area (Å²) < 4.78 is 16.2. The second-order valence-corrected chi connectivity index (χ2v) is 10.3. The molecule has 2 heterocycles. The summed E-state index contributed by atoms with van der Waals surface area (Å²) >= 11 is 0.952. The van der Waals surface area contributed by atoms with E-state index in [2.05, 4.69) is 4.98 Å². The van der Waals surface area contributed by atoms with Crippen molar-refractivity contribution >= 4 is 39.9 Å². The average molecular weight is 565 g/mol. The van der Waals surface area contributed by atoms with Crippen molar-refractivity contribution in [2.45, 2.75) is 46.6 Å². The molecule has 1 unspecified atom stereocenters. The second-order valence-electron chi connectivity index (χ2n) is 9.31. The highest BCUT2D eigenvalue weighted by molar-refractivity contribution is 7.17. The maximum atomic E-state index is 13.5. The fourth-order valence-corrected chi connectivity index (χ4v) is 5.45. The Morgan fingerprint density at radius 2 is 1.62 bits per heavy atom. The fourth-order valence-electron chi connectivity index (χ4n) is 4.44. The smallest absolute Gasteiger partial charge is 0.350 e. The first-order valence-corrected chi connectivity index (χ1v) is 13.9. The first-order valence-electron chi connectivity index (χ1n) is 13.0. The number of nitrogens with zero attached hydrogens (tertiary/aromatic N) is 2. The molecule has 0 aliphatic carbocycles. The number of aromatic nitrogens is 1. The number of Topliss-reactive ketones (excluding diaryl/α,β-unsaturated/α-hetero) is 1. The Kier molecular flexibility index (Phi) is 8.89. The normalized spacial score (nSPS) is 16.3. The van der Waals surface area contributed by atoms with Crippen LogP contribution in [0.1, 0.15) is 64.8 Å². The van der Waals surface area contributed by atoms with Crippen LogP contribution in [0.25, 0.3) is 5.76 Å². The molecule has 210 valence electrons. The summed E-state index contributed by atoms with van der Waals surface area (Å²) in [6.45, 7) is 8.53. The molecular weight excluding hydrogens is 532 g/mol. The lowest BCUT2D eigenvalue weighted by molar-refractivity contribution is -0.132. The Bertz CT molecular complexity index is 1460. The molecular formula is C30H32N2O7S. The highest BCUT2D eigenvalue weighted by Crippen LogP contribution is 2.44. The average Bonchev–Trinajstić information content (AvgIpc) is 3.46. The molecule has 10 heteroatoms. The number of hydrogen-bond acceptors (Lipinski definition) is 9. The number of benzene rings is 2. The van der Waals surface area contributed by atoms with Crippen LogP contribution in [0, 0.1) is 13.8 Å². The van der Waals surface area contributed by atoms with Crippen molar-refractivity contribution < 1.29 is 33.7 Å². The van der Waals surface area contributed by atoms with Crippen LogP contribution < -0.4 is 14.4 Å². The van der Waals surface area contributed by atoms with Crippen LogP contribution in [-0.4, -0.2) is 48.1 Å². The van der Waals surface area contributed by atoms with Crippen molar-refractivity contribution in [3.8, 4) is 11.5 Å². The number of esters is 1. The molecule has 1 atom stereocenters. The summed E-state index contributed by atoms with van der Waals surface area (Å²) in [5, 5.41) is 11.7. The number of carbonyl (C=O) groups is 3. The van der Waals surface area contributed by atoms with E-state index in [0.717, 1.165) is 24.2 Å². The van der Waals surface area contributed by atoms with Gasteiger partial charge in [-0.25, -0.2) is 9.78 Å². The van der Waals surface area contributed by atoms with E-state index in [0.29, 0.717) is 47.1 Å². The van der Waals surface area contributed by atoms with Crippen molar-refractivity contribution in [1.82, 2.24) is 4.98 Å². The predicted octanol–water partition coefficient (Wildman–Crippen LogP) is 5.75. The van der Waals surface area contributed by atoms with E-state index in [9.17, 15) is 19.5 Å². The van der Waals surface area contributed by atoms with Gasteiger partial charge in [0.1, 0.15) is 22.1 Å². The van der Waals surface area contributed by atoms with E-state index in [1.165, 1.54) is 12.0 Å². The topological polar surface area (TPSA) is 115 Å². The summed E-state index contributed by atoms with van der Waals surface area (Å²) in [5.41, 5.74) is 1.94. The van der Waals surface area contributed by atoms with Gasteiger partial charge in [-0.05, 0) is 68.1 Å². The molecule has 40 heavy (non-hydrogen) atoms. The maximum absolute atomic E-state index is 13.5. The number of aliphatic hydroxyl groups excluding tert-OH is 1. The first kappa shape index (κ1) is 28.8. The van der Waals surface area contributed by atoms with Crippen molar-refractivity contribution in [2.75, 3.05) is 25.2 Å². The van der Waals surface area contributed by atoms with E-state index < -0.39 is 23.7 Å². The molecule has 1 aliphatic rings. The summed E-state index contributed by atoms with van der Waals surface area (Å²) in [7, 11) is 1.26. The lowest BCUT2D eigenvalue weighted by atomic mass is 9.94. The molecule has 1 aliphatic heterocycles. The van der Waals surface area contributed by atoms with Crippen LogP contribution in [0.15, 0.2) is 48.0 Å². The fraction of sp³-hybridized carbons (Fsp3) is 0.333. The molecule has 9 nitrogen and oxygen atoms in total. The lowest BCUT2D eigenvalue weighted by Crippen LogP contribution is -2.29. The van der Waals surface area contributed by atoms with Crippen molar-refractivity contribution in [3.05, 3.63) is 75.3 Å². The molecule has 1 amide bonds. The van der Waals surface area contributed by atoms with Gasteiger partial charge in [0.25, 0.3) is 5.78 Å². The molecule has 1 saturated heterocycles. The number of carbonyl (C=O) groups excluding carboxylic acids is 3. The van der Waals surface area contributed by atoms with Crippen LogP contribution in [0.3, 0.4) is 0 Å². The molecule has 3 aromatic rings. The standard InChI is InChI=1S/C30H32N2O7S/c1-6-14-38-20-10-8-19(9-11-20)24-23(25(33)22-13-12-21(16-17(22)3)39-15-7-2)26(34)28(35)32(24)30-31-18(4)27(40-30)29(36)37-5/h8-13,16,24,33H,6-7,14-15H2,1-5H3/b25-23+. The zero-order valence-corrected chi connectivity index (χ0v) is 24.0. The highest BCUT2D eigenvalue weighted by Gasteiger charge is 2.48. The highest BCUT2D eigenvalue weighted by atomic mass is 32.1. The van der Waals surface area contributed by atoms with Crippen LogP contribution in [0.4, 0.5) is 5.13 Å². The Labute approximate surface area is 237 Å². The van der Waals surface area contributed by atoms with Gasteiger partial charge < -0.3 is 19.3 Å². The zero-order valence-electron chi connectivity index (χ0n) is 23.1. The largest absolute Gasteiger partial charge is 0.507 e. The van der Waals surface area contributed by atoms with Gasteiger partial charge in [0.05, 0.1) is 37.6 Å². The van der Waals surface area contributed by atoms with E-state index in [1.807, 2.05) is 13.8 Å². The summed E-state index contributed by atoms with van der Waals surface area (Å²) in [4.78, 5) is 45.2. The van der Waals surface area contributed by atoms with Crippen LogP contribution >= 0.6 is 11.3 Å². The minimum Gasteiger partial charge on any atom is -0.507 e. The van der Waals surface area contributed by atoms with Crippen LogP contribution in [-0.2, 0) is 14.3 Å². The Hall–Kier alpha value is -4.18.